The monoisotopic (exact) mass is 386 g/mol. The molecule has 1 amide bonds. The average Bonchev–Trinajstić information content (AvgIpc) is 3.00. The Bertz CT molecular complexity index is 802. The number of ether oxygens (including phenoxy) is 1. The molecule has 2 aromatic heterocycles. The van der Waals surface area contributed by atoms with Gasteiger partial charge in [-0.15, -0.1) is 11.3 Å². The standard InChI is InChI=1S/C20H26N4O2S/c1-13-19(27-14(2)22-13)20(25)23-9-6-16(7-10-23)24-12-17(26-3)18(24)15-5-4-8-21-11-15/h4-5,8,11,16-18H,6-7,9-10,12H2,1-3H3/t17-,18-/m0/s1. The highest BCUT2D eigenvalue weighted by Crippen LogP contribution is 2.39. The summed E-state index contributed by atoms with van der Waals surface area (Å²) in [4.78, 5) is 26.8. The largest absolute Gasteiger partial charge is 0.378 e. The van der Waals surface area contributed by atoms with Crippen molar-refractivity contribution in [3.05, 3.63) is 45.7 Å². The quantitative estimate of drug-likeness (QED) is 0.809. The van der Waals surface area contributed by atoms with Crippen LogP contribution in [-0.4, -0.2) is 64.6 Å². The number of amides is 1. The number of thiazole rings is 1. The lowest BCUT2D eigenvalue weighted by Gasteiger charge is -2.52. The molecule has 0 saturated carbocycles. The molecule has 0 N–H and O–H groups in total. The van der Waals surface area contributed by atoms with Crippen LogP contribution >= 0.6 is 11.3 Å². The van der Waals surface area contributed by atoms with E-state index in [0.29, 0.717) is 6.04 Å². The Hall–Kier alpha value is -1.83. The van der Waals surface area contributed by atoms with Crippen LogP contribution in [0.3, 0.4) is 0 Å². The van der Waals surface area contributed by atoms with Gasteiger partial charge in [0.15, 0.2) is 0 Å². The van der Waals surface area contributed by atoms with Gasteiger partial charge in [0.2, 0.25) is 0 Å². The fraction of sp³-hybridized carbons (Fsp3) is 0.550. The van der Waals surface area contributed by atoms with Crippen LogP contribution < -0.4 is 0 Å². The number of nitrogens with zero attached hydrogens (tertiary/aromatic N) is 4. The first-order valence-corrected chi connectivity index (χ1v) is 10.3. The molecule has 0 spiro atoms. The van der Waals surface area contributed by atoms with Gasteiger partial charge < -0.3 is 9.64 Å². The molecule has 2 saturated heterocycles. The molecule has 0 radical (unpaired) electrons. The Balaban J connectivity index is 1.40. The molecule has 0 bridgehead atoms. The topological polar surface area (TPSA) is 58.6 Å². The number of rotatable bonds is 4. The van der Waals surface area contributed by atoms with Gasteiger partial charge in [0.05, 0.1) is 22.8 Å². The van der Waals surface area contributed by atoms with E-state index in [1.807, 2.05) is 37.2 Å². The fourth-order valence-electron chi connectivity index (χ4n) is 4.31. The number of carbonyl (C=O) groups excluding carboxylic acids is 1. The molecule has 7 heteroatoms. The van der Waals surface area contributed by atoms with Gasteiger partial charge in [-0.1, -0.05) is 6.07 Å². The van der Waals surface area contributed by atoms with Crippen molar-refractivity contribution in [2.45, 2.75) is 44.9 Å². The van der Waals surface area contributed by atoms with Crippen molar-refractivity contribution < 1.29 is 9.53 Å². The third-order valence-electron chi connectivity index (χ3n) is 5.75. The van der Waals surface area contributed by atoms with Gasteiger partial charge in [-0.25, -0.2) is 4.98 Å². The number of aromatic nitrogens is 2. The minimum atomic E-state index is 0.138. The van der Waals surface area contributed by atoms with Crippen molar-refractivity contribution in [1.82, 2.24) is 19.8 Å². The van der Waals surface area contributed by atoms with Gasteiger partial charge in [0.25, 0.3) is 5.91 Å². The zero-order valence-electron chi connectivity index (χ0n) is 16.1. The zero-order valence-corrected chi connectivity index (χ0v) is 16.9. The number of hydrogen-bond donors (Lipinski definition) is 0. The van der Waals surface area contributed by atoms with E-state index in [1.54, 1.807) is 7.11 Å². The molecule has 4 heterocycles. The van der Waals surface area contributed by atoms with Crippen LogP contribution in [0.5, 0.6) is 0 Å². The highest BCUT2D eigenvalue weighted by Gasteiger charge is 2.44. The fourth-order valence-corrected chi connectivity index (χ4v) is 5.20. The van der Waals surface area contributed by atoms with E-state index in [0.717, 1.165) is 48.1 Å². The predicted octanol–water partition coefficient (Wildman–Crippen LogP) is 2.83. The Labute approximate surface area is 164 Å². The van der Waals surface area contributed by atoms with Gasteiger partial charge in [0, 0.05) is 45.2 Å². The number of methoxy groups -OCH3 is 1. The number of likely N-dealkylation sites (tertiary alicyclic amines) is 2. The number of carbonyl (C=O) groups is 1. The van der Waals surface area contributed by atoms with Crippen LogP contribution in [0.4, 0.5) is 0 Å². The van der Waals surface area contributed by atoms with E-state index in [1.165, 1.54) is 16.9 Å². The molecule has 6 nitrogen and oxygen atoms in total. The predicted molar refractivity (Wildman–Crippen MR) is 105 cm³/mol. The Kier molecular flexibility index (Phi) is 5.25. The highest BCUT2D eigenvalue weighted by atomic mass is 32.1. The van der Waals surface area contributed by atoms with Crippen molar-refractivity contribution in [2.24, 2.45) is 0 Å². The summed E-state index contributed by atoms with van der Waals surface area (Å²) in [5.41, 5.74) is 2.07. The van der Waals surface area contributed by atoms with Gasteiger partial charge in [-0.3, -0.25) is 14.7 Å². The molecule has 2 aromatic rings. The van der Waals surface area contributed by atoms with Crippen molar-refractivity contribution in [3.8, 4) is 0 Å². The minimum absolute atomic E-state index is 0.138. The number of pyridine rings is 1. The first-order chi connectivity index (χ1) is 13.1. The number of piperidine rings is 1. The number of aryl methyl sites for hydroxylation is 2. The number of hydrogen-bond acceptors (Lipinski definition) is 6. The smallest absolute Gasteiger partial charge is 0.265 e. The molecule has 0 unspecified atom stereocenters. The van der Waals surface area contributed by atoms with Crippen molar-refractivity contribution >= 4 is 17.2 Å². The molecule has 27 heavy (non-hydrogen) atoms. The molecule has 2 fully saturated rings. The van der Waals surface area contributed by atoms with Crippen LogP contribution in [-0.2, 0) is 4.74 Å². The maximum atomic E-state index is 12.8. The molecule has 2 aliphatic heterocycles. The second kappa shape index (κ2) is 7.66. The van der Waals surface area contributed by atoms with Crippen molar-refractivity contribution in [3.63, 3.8) is 0 Å². The summed E-state index contributed by atoms with van der Waals surface area (Å²) in [6.45, 7) is 6.42. The van der Waals surface area contributed by atoms with Crippen LogP contribution in [0.2, 0.25) is 0 Å². The maximum absolute atomic E-state index is 12.8. The lowest BCUT2D eigenvalue weighted by Crippen LogP contribution is -2.60. The van der Waals surface area contributed by atoms with E-state index in [-0.39, 0.29) is 18.1 Å². The van der Waals surface area contributed by atoms with Crippen molar-refractivity contribution in [1.29, 1.82) is 0 Å². The third-order valence-corrected chi connectivity index (χ3v) is 6.81. The molecule has 2 atom stereocenters. The summed E-state index contributed by atoms with van der Waals surface area (Å²) in [5, 5.41) is 0.955. The van der Waals surface area contributed by atoms with Crippen LogP contribution in [0.15, 0.2) is 24.5 Å². The van der Waals surface area contributed by atoms with E-state index in [9.17, 15) is 4.79 Å². The van der Waals surface area contributed by atoms with Crippen LogP contribution in [0, 0.1) is 13.8 Å². The lowest BCUT2D eigenvalue weighted by molar-refractivity contribution is -0.115. The molecule has 2 aliphatic rings. The third kappa shape index (κ3) is 3.51. The van der Waals surface area contributed by atoms with Crippen LogP contribution in [0.1, 0.15) is 44.8 Å². The minimum Gasteiger partial charge on any atom is -0.378 e. The van der Waals surface area contributed by atoms with E-state index in [2.05, 4.69) is 20.9 Å². The highest BCUT2D eigenvalue weighted by molar-refractivity contribution is 7.13. The van der Waals surface area contributed by atoms with E-state index < -0.39 is 0 Å². The zero-order chi connectivity index (χ0) is 19.0. The summed E-state index contributed by atoms with van der Waals surface area (Å²) < 4.78 is 5.67. The molecule has 0 aromatic carbocycles. The second-order valence-electron chi connectivity index (χ2n) is 7.37. The van der Waals surface area contributed by atoms with E-state index >= 15 is 0 Å². The maximum Gasteiger partial charge on any atom is 0.265 e. The molecule has 4 rings (SSSR count). The Morgan fingerprint density at radius 1 is 1.30 bits per heavy atom. The van der Waals surface area contributed by atoms with Crippen LogP contribution in [0.25, 0.3) is 0 Å². The van der Waals surface area contributed by atoms with Gasteiger partial charge >= 0.3 is 0 Å². The summed E-state index contributed by atoms with van der Waals surface area (Å²) in [6.07, 6.45) is 5.96. The average molecular weight is 387 g/mol. The molecule has 144 valence electrons. The summed E-state index contributed by atoms with van der Waals surface area (Å²) in [5.74, 6) is 0.138. The first kappa shape index (κ1) is 18.5. The van der Waals surface area contributed by atoms with Gasteiger partial charge in [-0.2, -0.15) is 0 Å². The second-order valence-corrected chi connectivity index (χ2v) is 8.58. The summed E-state index contributed by atoms with van der Waals surface area (Å²) in [6, 6.07) is 4.86. The SMILES string of the molecule is CO[C@H]1CN(C2CCN(C(=O)c3sc(C)nc3C)CC2)[C@H]1c1cccnc1. The summed E-state index contributed by atoms with van der Waals surface area (Å²) in [7, 11) is 1.78. The molecular formula is C20H26N4O2S. The first-order valence-electron chi connectivity index (χ1n) is 9.50. The summed E-state index contributed by atoms with van der Waals surface area (Å²) >= 11 is 1.50. The Morgan fingerprint density at radius 2 is 2.07 bits per heavy atom. The van der Waals surface area contributed by atoms with Gasteiger partial charge in [0.1, 0.15) is 4.88 Å². The van der Waals surface area contributed by atoms with Gasteiger partial charge in [-0.05, 0) is 38.3 Å². The van der Waals surface area contributed by atoms with Crippen molar-refractivity contribution in [2.75, 3.05) is 26.7 Å². The Morgan fingerprint density at radius 3 is 2.67 bits per heavy atom. The van der Waals surface area contributed by atoms with E-state index in [4.69, 9.17) is 4.74 Å². The molecule has 0 aliphatic carbocycles. The normalized spacial score (nSPS) is 24.0. The lowest BCUT2D eigenvalue weighted by atomic mass is 9.87. The molecular weight excluding hydrogens is 360 g/mol.